The molecule has 2 aromatic rings. The number of methoxy groups -OCH3 is 1. The van der Waals surface area contributed by atoms with Gasteiger partial charge >= 0.3 is 0 Å². The molecule has 0 radical (unpaired) electrons. The first-order chi connectivity index (χ1) is 11.7. The van der Waals surface area contributed by atoms with E-state index in [1.165, 1.54) is 17.6 Å². The molecule has 126 valence electrons. The van der Waals surface area contributed by atoms with Crippen LogP contribution in [0, 0.1) is 0 Å². The van der Waals surface area contributed by atoms with Crippen LogP contribution in [0.5, 0.6) is 11.5 Å². The minimum atomic E-state index is 0.261. The van der Waals surface area contributed by atoms with Gasteiger partial charge in [0, 0.05) is 11.5 Å². The number of aromatic hydroxyl groups is 1. The van der Waals surface area contributed by atoms with Gasteiger partial charge in [-0.15, -0.1) is 0 Å². The number of rotatable bonds is 5. The smallest absolute Gasteiger partial charge is 0.126 e. The van der Waals surface area contributed by atoms with Crippen molar-refractivity contribution in [1.29, 1.82) is 0 Å². The summed E-state index contributed by atoms with van der Waals surface area (Å²) in [4.78, 5) is 0. The van der Waals surface area contributed by atoms with Crippen molar-refractivity contribution in [2.75, 3.05) is 7.11 Å². The molecule has 0 aliphatic heterocycles. The Morgan fingerprint density at radius 1 is 1.08 bits per heavy atom. The van der Waals surface area contributed by atoms with Crippen molar-refractivity contribution in [2.45, 2.75) is 44.9 Å². The summed E-state index contributed by atoms with van der Waals surface area (Å²) >= 11 is 0. The monoisotopic (exact) mass is 322 g/mol. The van der Waals surface area contributed by atoms with Crippen molar-refractivity contribution < 1.29 is 9.84 Å². The second kappa shape index (κ2) is 7.57. The fraction of sp³-hybridized carbons (Fsp3) is 0.364. The molecule has 0 saturated heterocycles. The molecule has 2 heteroatoms. The molecule has 2 aromatic carbocycles. The highest BCUT2D eigenvalue weighted by molar-refractivity contribution is 5.51. The minimum absolute atomic E-state index is 0.261. The number of benzene rings is 2. The van der Waals surface area contributed by atoms with Crippen LogP contribution in [0.3, 0.4) is 0 Å². The van der Waals surface area contributed by atoms with E-state index in [0.717, 1.165) is 42.6 Å². The predicted molar refractivity (Wildman–Crippen MR) is 98.9 cm³/mol. The fourth-order valence-electron chi connectivity index (χ4n) is 3.63. The number of allylic oxidation sites excluding steroid dienone is 2. The molecule has 1 N–H and O–H groups in total. The van der Waals surface area contributed by atoms with E-state index >= 15 is 0 Å². The van der Waals surface area contributed by atoms with E-state index in [-0.39, 0.29) is 5.92 Å². The topological polar surface area (TPSA) is 29.5 Å². The molecule has 1 aliphatic carbocycles. The summed E-state index contributed by atoms with van der Waals surface area (Å²) in [7, 11) is 1.69. The summed E-state index contributed by atoms with van der Waals surface area (Å²) in [5.74, 6) is 1.44. The zero-order valence-electron chi connectivity index (χ0n) is 14.6. The van der Waals surface area contributed by atoms with Gasteiger partial charge < -0.3 is 9.84 Å². The predicted octanol–water partition coefficient (Wildman–Crippen LogP) is 5.40. The van der Waals surface area contributed by atoms with Crippen molar-refractivity contribution in [3.8, 4) is 11.5 Å². The van der Waals surface area contributed by atoms with E-state index in [2.05, 4.69) is 43.3 Å². The molecule has 1 atom stereocenters. The van der Waals surface area contributed by atoms with Gasteiger partial charge in [-0.3, -0.25) is 0 Å². The standard InChI is InChI=1S/C22H26O2/c1-16-7-6-10-19(13-16)22-20(23)14-18(15-21(22)24-2)12-11-17-8-4-3-5-9-17/h3-5,8-9,13-15,19,23H,6-7,10-12H2,1-2H3. The van der Waals surface area contributed by atoms with Gasteiger partial charge in [0.15, 0.2) is 0 Å². The average Bonchev–Trinajstić information content (AvgIpc) is 2.60. The molecule has 0 saturated carbocycles. The van der Waals surface area contributed by atoms with Crippen molar-refractivity contribution in [2.24, 2.45) is 0 Å². The zero-order valence-corrected chi connectivity index (χ0v) is 14.6. The highest BCUT2D eigenvalue weighted by Gasteiger charge is 2.22. The molecule has 0 fully saturated rings. The largest absolute Gasteiger partial charge is 0.507 e. The maximum Gasteiger partial charge on any atom is 0.126 e. The van der Waals surface area contributed by atoms with E-state index in [4.69, 9.17) is 4.74 Å². The Morgan fingerprint density at radius 3 is 2.54 bits per heavy atom. The summed E-state index contributed by atoms with van der Waals surface area (Å²) in [5, 5.41) is 10.6. The normalized spacial score (nSPS) is 17.4. The Morgan fingerprint density at radius 2 is 1.83 bits per heavy atom. The third-order valence-electron chi connectivity index (χ3n) is 4.89. The maximum atomic E-state index is 10.6. The summed E-state index contributed by atoms with van der Waals surface area (Å²) in [6.45, 7) is 2.17. The van der Waals surface area contributed by atoms with E-state index in [0.29, 0.717) is 5.75 Å². The van der Waals surface area contributed by atoms with Gasteiger partial charge in [-0.2, -0.15) is 0 Å². The van der Waals surface area contributed by atoms with Crippen LogP contribution in [0.15, 0.2) is 54.1 Å². The van der Waals surface area contributed by atoms with Crippen LogP contribution in [0.25, 0.3) is 0 Å². The van der Waals surface area contributed by atoms with E-state index < -0.39 is 0 Å². The van der Waals surface area contributed by atoms with E-state index in [9.17, 15) is 5.11 Å². The first-order valence-electron chi connectivity index (χ1n) is 8.78. The number of phenolic OH excluding ortho intramolecular Hbond substituents is 1. The third-order valence-corrected chi connectivity index (χ3v) is 4.89. The zero-order chi connectivity index (χ0) is 16.9. The Labute approximate surface area is 144 Å². The lowest BCUT2D eigenvalue weighted by molar-refractivity contribution is 0.393. The second-order valence-corrected chi connectivity index (χ2v) is 6.73. The highest BCUT2D eigenvalue weighted by atomic mass is 16.5. The summed E-state index contributed by atoms with van der Waals surface area (Å²) in [6.07, 6.45) is 7.55. The highest BCUT2D eigenvalue weighted by Crippen LogP contribution is 2.41. The van der Waals surface area contributed by atoms with Crippen LogP contribution in [-0.4, -0.2) is 12.2 Å². The molecule has 3 rings (SSSR count). The second-order valence-electron chi connectivity index (χ2n) is 6.73. The van der Waals surface area contributed by atoms with Gasteiger partial charge in [0.2, 0.25) is 0 Å². The first kappa shape index (κ1) is 16.6. The Bertz CT molecular complexity index is 716. The Kier molecular flexibility index (Phi) is 5.24. The molecule has 0 aromatic heterocycles. The third kappa shape index (κ3) is 3.81. The SMILES string of the molecule is COc1cc(CCc2ccccc2)cc(O)c1C1C=C(C)CCC1. The van der Waals surface area contributed by atoms with Gasteiger partial charge in [0.1, 0.15) is 11.5 Å². The minimum Gasteiger partial charge on any atom is -0.507 e. The lowest BCUT2D eigenvalue weighted by Crippen LogP contribution is -2.05. The van der Waals surface area contributed by atoms with Crippen molar-refractivity contribution in [3.05, 3.63) is 70.8 Å². The molecule has 24 heavy (non-hydrogen) atoms. The van der Waals surface area contributed by atoms with Crippen molar-refractivity contribution in [3.63, 3.8) is 0 Å². The van der Waals surface area contributed by atoms with Crippen LogP contribution in [0.1, 0.15) is 48.8 Å². The number of aryl methyl sites for hydroxylation is 2. The van der Waals surface area contributed by atoms with Gasteiger partial charge in [0.05, 0.1) is 7.11 Å². The Balaban J connectivity index is 1.83. The summed E-state index contributed by atoms with van der Waals surface area (Å²) in [6, 6.07) is 14.5. The van der Waals surface area contributed by atoms with Crippen molar-refractivity contribution in [1.82, 2.24) is 0 Å². The molecule has 2 nitrogen and oxygen atoms in total. The van der Waals surface area contributed by atoms with Crippen LogP contribution < -0.4 is 4.74 Å². The quantitative estimate of drug-likeness (QED) is 0.747. The average molecular weight is 322 g/mol. The lowest BCUT2D eigenvalue weighted by Gasteiger charge is -2.23. The summed E-state index contributed by atoms with van der Waals surface area (Å²) in [5.41, 5.74) is 4.78. The van der Waals surface area contributed by atoms with Crippen LogP contribution in [0.4, 0.5) is 0 Å². The van der Waals surface area contributed by atoms with Crippen molar-refractivity contribution >= 4 is 0 Å². The summed E-state index contributed by atoms with van der Waals surface area (Å²) < 4.78 is 5.62. The molecule has 0 heterocycles. The maximum absolute atomic E-state index is 10.6. The van der Waals surface area contributed by atoms with Crippen LogP contribution in [0.2, 0.25) is 0 Å². The molecule has 0 bridgehead atoms. The molecular weight excluding hydrogens is 296 g/mol. The van der Waals surface area contributed by atoms with Gasteiger partial charge in [-0.25, -0.2) is 0 Å². The number of hydrogen-bond acceptors (Lipinski definition) is 2. The van der Waals surface area contributed by atoms with Crippen LogP contribution in [-0.2, 0) is 12.8 Å². The molecule has 1 aliphatic rings. The molecular formula is C22H26O2. The number of phenols is 1. The Hall–Kier alpha value is -2.22. The molecule has 0 amide bonds. The van der Waals surface area contributed by atoms with Crippen LogP contribution >= 0.6 is 0 Å². The molecule has 1 unspecified atom stereocenters. The van der Waals surface area contributed by atoms with E-state index in [1.54, 1.807) is 7.11 Å². The lowest BCUT2D eigenvalue weighted by atomic mass is 9.84. The molecule has 0 spiro atoms. The first-order valence-corrected chi connectivity index (χ1v) is 8.78. The number of ether oxygens (including phenoxy) is 1. The number of hydrogen-bond donors (Lipinski definition) is 1. The van der Waals surface area contributed by atoms with E-state index in [1.807, 2.05) is 12.1 Å². The van der Waals surface area contributed by atoms with Gasteiger partial charge in [-0.1, -0.05) is 42.0 Å². The fourth-order valence-corrected chi connectivity index (χ4v) is 3.63. The van der Waals surface area contributed by atoms with Gasteiger partial charge in [-0.05, 0) is 62.3 Å². The van der Waals surface area contributed by atoms with Gasteiger partial charge in [0.25, 0.3) is 0 Å².